The first-order chi connectivity index (χ1) is 8.93. The fourth-order valence-electron chi connectivity index (χ4n) is 1.24. The highest BCUT2D eigenvalue weighted by Crippen LogP contribution is 2.23. The van der Waals surface area contributed by atoms with E-state index in [2.05, 4.69) is 4.74 Å². The standard InChI is InChI=1S/C12H13ClO5S/c1-3-18-8-11(12(14)17-2)19(15,16)10-6-4-5-9(13)7-10/h4-8H,3H2,1-2H3/b11-8+. The van der Waals surface area contributed by atoms with E-state index in [1.54, 1.807) is 6.92 Å². The SMILES string of the molecule is CCO/C=C(\C(=O)OC)S(=O)(=O)c1cccc(Cl)c1. The van der Waals surface area contributed by atoms with Gasteiger partial charge in [-0.25, -0.2) is 13.2 Å². The van der Waals surface area contributed by atoms with E-state index in [1.807, 2.05) is 0 Å². The van der Waals surface area contributed by atoms with E-state index < -0.39 is 20.7 Å². The van der Waals surface area contributed by atoms with Crippen LogP contribution in [0.3, 0.4) is 0 Å². The molecule has 0 fully saturated rings. The van der Waals surface area contributed by atoms with Gasteiger partial charge in [-0.2, -0.15) is 0 Å². The van der Waals surface area contributed by atoms with E-state index in [4.69, 9.17) is 16.3 Å². The van der Waals surface area contributed by atoms with Gasteiger partial charge in [0, 0.05) is 5.02 Å². The number of methoxy groups -OCH3 is 1. The number of hydrogen-bond acceptors (Lipinski definition) is 5. The summed E-state index contributed by atoms with van der Waals surface area (Å²) in [6.45, 7) is 1.89. The Kier molecular flexibility index (Phi) is 5.38. The maximum absolute atomic E-state index is 12.3. The molecule has 5 nitrogen and oxygen atoms in total. The lowest BCUT2D eigenvalue weighted by atomic mass is 10.4. The van der Waals surface area contributed by atoms with Crippen molar-refractivity contribution in [3.8, 4) is 0 Å². The Morgan fingerprint density at radius 1 is 1.42 bits per heavy atom. The van der Waals surface area contributed by atoms with Gasteiger partial charge in [-0.05, 0) is 25.1 Å². The van der Waals surface area contributed by atoms with E-state index in [0.29, 0.717) is 0 Å². The third-order valence-corrected chi connectivity index (χ3v) is 4.09. The van der Waals surface area contributed by atoms with Crippen LogP contribution in [0.4, 0.5) is 0 Å². The third-order valence-electron chi connectivity index (χ3n) is 2.14. The van der Waals surface area contributed by atoms with Gasteiger partial charge in [-0.1, -0.05) is 17.7 Å². The molecule has 0 radical (unpaired) electrons. The molecule has 1 aromatic rings. The maximum Gasteiger partial charge on any atom is 0.353 e. The van der Waals surface area contributed by atoms with Gasteiger partial charge in [0.25, 0.3) is 0 Å². The molecule has 0 saturated carbocycles. The summed E-state index contributed by atoms with van der Waals surface area (Å²) in [6, 6.07) is 5.60. The Balaban J connectivity index is 3.32. The van der Waals surface area contributed by atoms with E-state index in [0.717, 1.165) is 13.4 Å². The van der Waals surface area contributed by atoms with Gasteiger partial charge < -0.3 is 9.47 Å². The van der Waals surface area contributed by atoms with Crippen LogP contribution in [0, 0.1) is 0 Å². The molecule has 0 heterocycles. The normalized spacial score (nSPS) is 12.1. The molecule has 0 aliphatic rings. The highest BCUT2D eigenvalue weighted by Gasteiger charge is 2.28. The first kappa shape index (κ1) is 15.5. The largest absolute Gasteiger partial charge is 0.500 e. The van der Waals surface area contributed by atoms with Crippen LogP contribution in [0.15, 0.2) is 40.3 Å². The van der Waals surface area contributed by atoms with Crippen LogP contribution in [-0.2, 0) is 24.1 Å². The van der Waals surface area contributed by atoms with Crippen LogP contribution in [0.25, 0.3) is 0 Å². The van der Waals surface area contributed by atoms with E-state index in [1.165, 1.54) is 24.3 Å². The Hall–Kier alpha value is -1.53. The third kappa shape index (κ3) is 3.71. The zero-order chi connectivity index (χ0) is 14.5. The molecule has 7 heteroatoms. The highest BCUT2D eigenvalue weighted by atomic mass is 35.5. The van der Waals surface area contributed by atoms with Gasteiger partial charge in [0.15, 0.2) is 4.91 Å². The number of rotatable bonds is 5. The number of halogens is 1. The molecular formula is C12H13ClO5S. The Morgan fingerprint density at radius 2 is 2.11 bits per heavy atom. The van der Waals surface area contributed by atoms with Crippen LogP contribution < -0.4 is 0 Å². The van der Waals surface area contributed by atoms with Gasteiger partial charge >= 0.3 is 5.97 Å². The average Bonchev–Trinajstić information content (AvgIpc) is 2.38. The molecule has 0 spiro atoms. The molecule has 0 atom stereocenters. The summed E-state index contributed by atoms with van der Waals surface area (Å²) in [5, 5.41) is 0.252. The minimum absolute atomic E-state index is 0.101. The molecule has 1 rings (SSSR count). The first-order valence-corrected chi connectivity index (χ1v) is 7.20. The second-order valence-electron chi connectivity index (χ2n) is 3.39. The van der Waals surface area contributed by atoms with E-state index in [9.17, 15) is 13.2 Å². The summed E-state index contributed by atoms with van der Waals surface area (Å²) < 4.78 is 33.9. The highest BCUT2D eigenvalue weighted by molar-refractivity contribution is 7.96. The number of benzene rings is 1. The van der Waals surface area contributed by atoms with Gasteiger partial charge in [0.1, 0.15) is 6.26 Å². The predicted molar refractivity (Wildman–Crippen MR) is 70.4 cm³/mol. The minimum atomic E-state index is -4.03. The van der Waals surface area contributed by atoms with E-state index >= 15 is 0 Å². The van der Waals surface area contributed by atoms with Gasteiger partial charge in [0.2, 0.25) is 9.84 Å². The lowest BCUT2D eigenvalue weighted by Crippen LogP contribution is -2.16. The number of carbonyl (C=O) groups is 1. The van der Waals surface area contributed by atoms with Crippen molar-refractivity contribution in [1.82, 2.24) is 0 Å². The second-order valence-corrected chi connectivity index (χ2v) is 5.74. The summed E-state index contributed by atoms with van der Waals surface area (Å²) in [5.74, 6) is -0.992. The van der Waals surface area contributed by atoms with Gasteiger partial charge in [-0.3, -0.25) is 0 Å². The zero-order valence-corrected chi connectivity index (χ0v) is 12.0. The second kappa shape index (κ2) is 6.58. The summed E-state index contributed by atoms with van der Waals surface area (Å²) in [7, 11) is -2.94. The van der Waals surface area contributed by atoms with Crippen LogP contribution in [-0.4, -0.2) is 28.1 Å². The summed E-state index contributed by atoms with van der Waals surface area (Å²) in [4.78, 5) is 10.9. The molecule has 1 aromatic carbocycles. The van der Waals surface area contributed by atoms with Crippen LogP contribution in [0.1, 0.15) is 6.92 Å². The topological polar surface area (TPSA) is 69.7 Å². The van der Waals surface area contributed by atoms with Crippen molar-refractivity contribution in [2.24, 2.45) is 0 Å². The summed E-state index contributed by atoms with van der Waals surface area (Å²) >= 11 is 5.74. The molecule has 0 aliphatic carbocycles. The van der Waals surface area contributed by atoms with Gasteiger partial charge in [0.05, 0.1) is 18.6 Å². The van der Waals surface area contributed by atoms with Crippen molar-refractivity contribution in [1.29, 1.82) is 0 Å². The molecule has 0 saturated heterocycles. The molecule has 0 N–H and O–H groups in total. The molecule has 0 amide bonds. The molecule has 0 bridgehead atoms. The van der Waals surface area contributed by atoms with Crippen LogP contribution in [0.2, 0.25) is 5.02 Å². The molecule has 104 valence electrons. The number of sulfone groups is 1. The van der Waals surface area contributed by atoms with Crippen molar-refractivity contribution in [3.05, 3.63) is 40.5 Å². The molecule has 19 heavy (non-hydrogen) atoms. The van der Waals surface area contributed by atoms with Crippen molar-refractivity contribution in [2.45, 2.75) is 11.8 Å². The van der Waals surface area contributed by atoms with Crippen molar-refractivity contribution >= 4 is 27.4 Å². The molecule has 0 aliphatic heterocycles. The summed E-state index contributed by atoms with van der Waals surface area (Å²) in [5.41, 5.74) is 0. The minimum Gasteiger partial charge on any atom is -0.500 e. The summed E-state index contributed by atoms with van der Waals surface area (Å²) in [6.07, 6.45) is 0.877. The number of ether oxygens (including phenoxy) is 2. The van der Waals surface area contributed by atoms with Crippen molar-refractivity contribution < 1.29 is 22.7 Å². The number of carbonyl (C=O) groups excluding carboxylic acids is 1. The number of esters is 1. The quantitative estimate of drug-likeness (QED) is 0.474. The lowest BCUT2D eigenvalue weighted by Gasteiger charge is -2.07. The van der Waals surface area contributed by atoms with Crippen molar-refractivity contribution in [2.75, 3.05) is 13.7 Å². The number of hydrogen-bond donors (Lipinski definition) is 0. The Morgan fingerprint density at radius 3 is 2.63 bits per heavy atom. The monoisotopic (exact) mass is 304 g/mol. The molecule has 0 aromatic heterocycles. The smallest absolute Gasteiger partial charge is 0.353 e. The predicted octanol–water partition coefficient (Wildman–Crippen LogP) is 2.16. The fourth-order valence-corrected chi connectivity index (χ4v) is 2.79. The maximum atomic E-state index is 12.3. The lowest BCUT2D eigenvalue weighted by molar-refractivity contribution is -0.135. The fraction of sp³-hybridized carbons (Fsp3) is 0.250. The average molecular weight is 305 g/mol. The van der Waals surface area contributed by atoms with Crippen LogP contribution >= 0.6 is 11.6 Å². The first-order valence-electron chi connectivity index (χ1n) is 5.34. The Bertz CT molecular complexity index is 592. The molecular weight excluding hydrogens is 292 g/mol. The zero-order valence-electron chi connectivity index (χ0n) is 10.4. The Labute approximate surface area is 116 Å². The molecule has 0 unspecified atom stereocenters. The van der Waals surface area contributed by atoms with Crippen LogP contribution in [0.5, 0.6) is 0 Å². The van der Waals surface area contributed by atoms with E-state index in [-0.39, 0.29) is 16.5 Å². The van der Waals surface area contributed by atoms with Crippen molar-refractivity contribution in [3.63, 3.8) is 0 Å². The van der Waals surface area contributed by atoms with Gasteiger partial charge in [-0.15, -0.1) is 0 Å².